The fourth-order valence-electron chi connectivity index (χ4n) is 4.36. The van der Waals surface area contributed by atoms with Crippen molar-refractivity contribution < 1.29 is 4.42 Å². The molecule has 0 aliphatic heterocycles. The first kappa shape index (κ1) is 30.6. The number of para-hydroxylation sites is 2. The van der Waals surface area contributed by atoms with Gasteiger partial charge in [0.15, 0.2) is 17.5 Å². The lowest BCUT2D eigenvalue weighted by molar-refractivity contribution is 0.584. The van der Waals surface area contributed by atoms with Gasteiger partial charge in [0.25, 0.3) is 0 Å². The van der Waals surface area contributed by atoms with Crippen LogP contribution in [0.3, 0.4) is 0 Å². The molecule has 0 fully saturated rings. The Hall–Kier alpha value is -3.43. The van der Waals surface area contributed by atoms with E-state index in [2.05, 4.69) is 54.3 Å². The summed E-state index contributed by atoms with van der Waals surface area (Å²) in [6.07, 6.45) is 0. The zero-order chi connectivity index (χ0) is 30.9. The smallest absolute Gasteiger partial charge is 0.250 e. The molecule has 2 aromatic heterocycles. The van der Waals surface area contributed by atoms with Gasteiger partial charge in [-0.05, 0) is 60.7 Å². The van der Waals surface area contributed by atoms with Gasteiger partial charge in [-0.25, -0.2) is 15.0 Å². The zero-order valence-corrected chi connectivity index (χ0v) is 26.8. The van der Waals surface area contributed by atoms with Crippen LogP contribution in [-0.4, -0.2) is 25.1 Å². The minimum absolute atomic E-state index is 0.126. The van der Waals surface area contributed by atoms with Gasteiger partial charge in [0.1, 0.15) is 0 Å². The molecule has 0 bridgehead atoms. The van der Waals surface area contributed by atoms with Gasteiger partial charge in [-0.2, -0.15) is 0 Å². The van der Waals surface area contributed by atoms with E-state index in [0.717, 1.165) is 22.6 Å². The van der Waals surface area contributed by atoms with Crippen molar-refractivity contribution in [3.8, 4) is 34.3 Å². The summed E-state index contributed by atoms with van der Waals surface area (Å²) in [5.74, 6) is 0.362. The Kier molecular flexibility index (Phi) is 8.70. The Bertz CT molecular complexity index is 1820. The highest BCUT2D eigenvalue weighted by atomic mass is 35.6. The molecule has 0 unspecified atom stereocenters. The summed E-state index contributed by atoms with van der Waals surface area (Å²) in [4.78, 5) is 14.7. The van der Waals surface area contributed by atoms with E-state index in [1.54, 1.807) is 24.3 Å². The van der Waals surface area contributed by atoms with E-state index in [1.165, 1.54) is 0 Å². The Morgan fingerprint density at radius 2 is 0.955 bits per heavy atom. The molecule has 0 atom stereocenters. The van der Waals surface area contributed by atoms with Crippen molar-refractivity contribution in [1.29, 1.82) is 0 Å². The molecule has 0 saturated heterocycles. The first-order chi connectivity index (χ1) is 21.1. The molecule has 0 N–H and O–H groups in total. The van der Waals surface area contributed by atoms with Crippen LogP contribution in [0.4, 0.5) is 17.1 Å². The van der Waals surface area contributed by atoms with Gasteiger partial charge in [-0.15, -0.1) is 10.2 Å². The summed E-state index contributed by atoms with van der Waals surface area (Å²) >= 11 is 36.2. The molecule has 44 heavy (non-hydrogen) atoms. The minimum atomic E-state index is -1.98. The SMILES string of the molecule is ClC(Cl)(Cl)c1nc(-c2cccc(-c3nnc(-c4ccc(N(c5ccccc5)c5ccccc5)cc4)o3)c2)nc(C(Cl)(Cl)Cl)n1. The van der Waals surface area contributed by atoms with Crippen molar-refractivity contribution in [2.24, 2.45) is 0 Å². The fraction of sp³-hybridized carbons (Fsp3) is 0.0645. The van der Waals surface area contributed by atoms with Crippen LogP contribution in [0.15, 0.2) is 114 Å². The van der Waals surface area contributed by atoms with Crippen molar-refractivity contribution >= 4 is 86.7 Å². The highest BCUT2D eigenvalue weighted by Crippen LogP contribution is 2.41. The van der Waals surface area contributed by atoms with Crippen LogP contribution in [0.2, 0.25) is 0 Å². The van der Waals surface area contributed by atoms with Crippen LogP contribution < -0.4 is 4.90 Å². The number of halogens is 6. The van der Waals surface area contributed by atoms with Crippen LogP contribution >= 0.6 is 69.6 Å². The quantitative estimate of drug-likeness (QED) is 0.160. The number of aromatic nitrogens is 5. The molecule has 0 saturated carbocycles. The van der Waals surface area contributed by atoms with Gasteiger partial charge in [-0.3, -0.25) is 0 Å². The van der Waals surface area contributed by atoms with Crippen LogP contribution in [-0.2, 0) is 7.59 Å². The van der Waals surface area contributed by atoms with Gasteiger partial charge in [0.05, 0.1) is 0 Å². The van der Waals surface area contributed by atoms with E-state index in [4.69, 9.17) is 74.0 Å². The number of hydrogen-bond acceptors (Lipinski definition) is 7. The average molecular weight is 703 g/mol. The Morgan fingerprint density at radius 1 is 0.477 bits per heavy atom. The number of nitrogens with zero attached hydrogens (tertiary/aromatic N) is 6. The molecule has 220 valence electrons. The number of anilines is 3. The molecule has 6 aromatic rings. The summed E-state index contributed by atoms with van der Waals surface area (Å²) in [6.45, 7) is 0. The van der Waals surface area contributed by atoms with Gasteiger partial charge in [0, 0.05) is 33.8 Å². The fourth-order valence-corrected chi connectivity index (χ4v) is 4.87. The molecular formula is C31H18Cl6N6O. The van der Waals surface area contributed by atoms with Gasteiger partial charge in [0.2, 0.25) is 19.4 Å². The van der Waals surface area contributed by atoms with Crippen LogP contribution in [0, 0.1) is 0 Å². The number of rotatable bonds is 6. The highest BCUT2D eigenvalue weighted by Gasteiger charge is 2.34. The molecule has 0 amide bonds. The largest absolute Gasteiger partial charge is 0.416 e. The second-order valence-electron chi connectivity index (χ2n) is 9.35. The molecule has 0 radical (unpaired) electrons. The molecule has 13 heteroatoms. The molecule has 0 aliphatic rings. The predicted octanol–water partition coefficient (Wildman–Crippen LogP) is 10.4. The zero-order valence-electron chi connectivity index (χ0n) is 22.3. The minimum Gasteiger partial charge on any atom is -0.416 e. The summed E-state index contributed by atoms with van der Waals surface area (Å²) in [5, 5.41) is 8.53. The van der Waals surface area contributed by atoms with E-state index in [-0.39, 0.29) is 23.4 Å². The lowest BCUT2D eigenvalue weighted by Crippen LogP contribution is -2.16. The molecule has 0 aliphatic carbocycles. The Labute approximate surface area is 282 Å². The van der Waals surface area contributed by atoms with E-state index in [1.807, 2.05) is 60.7 Å². The van der Waals surface area contributed by atoms with E-state index in [9.17, 15) is 0 Å². The maximum absolute atomic E-state index is 6.06. The number of benzene rings is 4. The molecule has 6 rings (SSSR count). The van der Waals surface area contributed by atoms with E-state index in [0.29, 0.717) is 17.0 Å². The molecule has 7 nitrogen and oxygen atoms in total. The third-order valence-electron chi connectivity index (χ3n) is 6.34. The summed E-state index contributed by atoms with van der Waals surface area (Å²) in [5.41, 5.74) is 4.91. The second kappa shape index (κ2) is 12.5. The molecule has 4 aromatic carbocycles. The van der Waals surface area contributed by atoms with Crippen LogP contribution in [0.25, 0.3) is 34.3 Å². The Balaban J connectivity index is 1.30. The normalized spacial score (nSPS) is 11.9. The number of alkyl halides is 6. The number of hydrogen-bond donors (Lipinski definition) is 0. The summed E-state index contributed by atoms with van der Waals surface area (Å²) in [6, 6.07) is 35.2. The monoisotopic (exact) mass is 700 g/mol. The third kappa shape index (κ3) is 6.79. The van der Waals surface area contributed by atoms with Crippen molar-refractivity contribution in [1.82, 2.24) is 25.1 Å². The van der Waals surface area contributed by atoms with Crippen molar-refractivity contribution in [2.75, 3.05) is 4.90 Å². The lowest BCUT2D eigenvalue weighted by atomic mass is 10.1. The second-order valence-corrected chi connectivity index (χ2v) is 13.9. The highest BCUT2D eigenvalue weighted by molar-refractivity contribution is 6.67. The van der Waals surface area contributed by atoms with E-state index >= 15 is 0 Å². The van der Waals surface area contributed by atoms with Crippen molar-refractivity contribution in [2.45, 2.75) is 7.59 Å². The van der Waals surface area contributed by atoms with Gasteiger partial charge in [-0.1, -0.05) is 118 Å². The first-order valence-electron chi connectivity index (χ1n) is 12.9. The van der Waals surface area contributed by atoms with Gasteiger partial charge < -0.3 is 9.32 Å². The van der Waals surface area contributed by atoms with Crippen molar-refractivity contribution in [3.05, 3.63) is 121 Å². The maximum Gasteiger partial charge on any atom is 0.250 e. The molecule has 2 heterocycles. The first-order valence-corrected chi connectivity index (χ1v) is 15.2. The molecular weight excluding hydrogens is 685 g/mol. The standard InChI is InChI=1S/C31H18Cl6N6O/c32-30(33,34)28-38-25(39-29(40-28)31(35,36)37)20-8-7-9-21(18-20)27-42-41-26(44-27)19-14-16-24(17-15-19)43(22-10-3-1-4-11-22)23-12-5-2-6-13-23/h1-18H. The summed E-state index contributed by atoms with van der Waals surface area (Å²) in [7, 11) is 0. The maximum atomic E-state index is 6.06. The topological polar surface area (TPSA) is 80.8 Å². The van der Waals surface area contributed by atoms with Crippen LogP contribution in [0.1, 0.15) is 11.6 Å². The third-order valence-corrected chi connectivity index (χ3v) is 7.35. The molecule has 0 spiro atoms. The predicted molar refractivity (Wildman–Crippen MR) is 177 cm³/mol. The van der Waals surface area contributed by atoms with Gasteiger partial charge >= 0.3 is 0 Å². The van der Waals surface area contributed by atoms with E-state index < -0.39 is 7.59 Å². The summed E-state index contributed by atoms with van der Waals surface area (Å²) < 4.78 is 2.10. The Morgan fingerprint density at radius 3 is 1.48 bits per heavy atom. The van der Waals surface area contributed by atoms with Crippen molar-refractivity contribution in [3.63, 3.8) is 0 Å². The average Bonchev–Trinajstić information content (AvgIpc) is 3.52. The van der Waals surface area contributed by atoms with Crippen LogP contribution in [0.5, 0.6) is 0 Å². The lowest BCUT2D eigenvalue weighted by Gasteiger charge is -2.25.